The lowest BCUT2D eigenvalue weighted by Gasteiger charge is -2.38. The Labute approximate surface area is 210 Å². The Hall–Kier alpha value is -3.15. The average molecular weight is 492 g/mol. The summed E-state index contributed by atoms with van der Waals surface area (Å²) in [5.74, 6) is 6.53. The predicted octanol–water partition coefficient (Wildman–Crippen LogP) is 3.81. The first-order chi connectivity index (χ1) is 17.1. The molecule has 0 spiro atoms. The number of aromatic amines is 1. The van der Waals surface area contributed by atoms with Crippen molar-refractivity contribution in [2.75, 3.05) is 38.0 Å². The number of pyridine rings is 1. The van der Waals surface area contributed by atoms with Gasteiger partial charge in [0.1, 0.15) is 5.65 Å². The summed E-state index contributed by atoms with van der Waals surface area (Å²) in [6.45, 7) is 6.44. The molecule has 5 rings (SSSR count). The van der Waals surface area contributed by atoms with Crippen LogP contribution in [-0.2, 0) is 4.79 Å². The van der Waals surface area contributed by atoms with Crippen LogP contribution in [0.3, 0.4) is 0 Å². The average Bonchev–Trinajstić information content (AvgIpc) is 3.30. The van der Waals surface area contributed by atoms with Crippen LogP contribution < -0.4 is 5.32 Å². The summed E-state index contributed by atoms with van der Waals surface area (Å²) < 4.78 is 0. The lowest BCUT2D eigenvalue weighted by Crippen LogP contribution is -2.46. The Morgan fingerprint density at radius 1 is 1.26 bits per heavy atom. The van der Waals surface area contributed by atoms with Gasteiger partial charge in [-0.2, -0.15) is 0 Å². The van der Waals surface area contributed by atoms with Crippen LogP contribution in [0.5, 0.6) is 0 Å². The number of hydrogen-bond acceptors (Lipinski definition) is 6. The molecule has 35 heavy (non-hydrogen) atoms. The van der Waals surface area contributed by atoms with E-state index >= 15 is 0 Å². The molecule has 2 N–H and O–H groups in total. The van der Waals surface area contributed by atoms with Gasteiger partial charge in [0.2, 0.25) is 5.95 Å². The highest BCUT2D eigenvalue weighted by atomic mass is 35.5. The third-order valence-electron chi connectivity index (χ3n) is 6.94. The monoisotopic (exact) mass is 491 g/mol. The SMILES string of the molecule is CC#CC(=O)N1CCC(CN2CCC[C@@H](Nc3ncc(Cl)c(-c4c[nH]c5ncccc45)n3)C2)CC1. The van der Waals surface area contributed by atoms with Crippen molar-refractivity contribution in [1.82, 2.24) is 29.7 Å². The highest BCUT2D eigenvalue weighted by Crippen LogP contribution is 2.32. The molecule has 3 aromatic heterocycles. The number of halogens is 1. The van der Waals surface area contributed by atoms with Gasteiger partial charge in [-0.05, 0) is 63.1 Å². The largest absolute Gasteiger partial charge is 0.350 e. The maximum atomic E-state index is 12.0. The smallest absolute Gasteiger partial charge is 0.298 e. The molecule has 2 aliphatic heterocycles. The zero-order valence-corrected chi connectivity index (χ0v) is 20.7. The van der Waals surface area contributed by atoms with Gasteiger partial charge in [-0.1, -0.05) is 17.5 Å². The van der Waals surface area contributed by atoms with E-state index in [0.29, 0.717) is 22.6 Å². The molecule has 0 bridgehead atoms. The van der Waals surface area contributed by atoms with E-state index < -0.39 is 0 Å². The summed E-state index contributed by atoms with van der Waals surface area (Å²) in [7, 11) is 0. The fraction of sp³-hybridized carbons (Fsp3) is 0.462. The van der Waals surface area contributed by atoms with Gasteiger partial charge in [0.05, 0.1) is 16.9 Å². The van der Waals surface area contributed by atoms with E-state index in [9.17, 15) is 4.79 Å². The summed E-state index contributed by atoms with van der Waals surface area (Å²) in [4.78, 5) is 33.2. The molecular formula is C26H30ClN7O. The lowest BCUT2D eigenvalue weighted by molar-refractivity contribution is -0.126. The number of fused-ring (bicyclic) bond motifs is 1. The molecule has 5 heterocycles. The van der Waals surface area contributed by atoms with Gasteiger partial charge in [0.25, 0.3) is 5.91 Å². The molecule has 0 aliphatic carbocycles. The van der Waals surface area contributed by atoms with Crippen molar-refractivity contribution in [2.24, 2.45) is 5.92 Å². The van der Waals surface area contributed by atoms with E-state index in [4.69, 9.17) is 16.6 Å². The number of likely N-dealkylation sites (tertiary alicyclic amines) is 2. The molecule has 0 aromatic carbocycles. The molecule has 2 fully saturated rings. The molecule has 1 atom stereocenters. The second-order valence-electron chi connectivity index (χ2n) is 9.35. The van der Waals surface area contributed by atoms with Crippen molar-refractivity contribution in [2.45, 2.75) is 38.6 Å². The normalized spacial score (nSPS) is 19.4. The molecule has 0 radical (unpaired) electrons. The first kappa shape index (κ1) is 23.6. The van der Waals surface area contributed by atoms with Gasteiger partial charge < -0.3 is 20.1 Å². The maximum Gasteiger partial charge on any atom is 0.298 e. The number of H-pyrrole nitrogens is 1. The van der Waals surface area contributed by atoms with E-state index in [1.165, 1.54) is 0 Å². The molecule has 1 amide bonds. The highest BCUT2D eigenvalue weighted by Gasteiger charge is 2.27. The number of rotatable bonds is 5. The standard InChI is InChI=1S/C26H30ClN7O/c1-2-5-23(35)34-12-8-18(9-13-34)16-33-11-4-6-19(17-33)31-26-30-15-22(27)24(32-26)21-14-29-25-20(21)7-3-10-28-25/h3,7,10,14-15,18-19H,4,6,8-9,11-13,16-17H2,1H3,(H,28,29)(H,30,31,32)/t19-/m1/s1. The Kier molecular flexibility index (Phi) is 7.16. The summed E-state index contributed by atoms with van der Waals surface area (Å²) in [5, 5.41) is 5.04. The molecule has 2 saturated heterocycles. The van der Waals surface area contributed by atoms with E-state index in [1.54, 1.807) is 19.3 Å². The van der Waals surface area contributed by atoms with Gasteiger partial charge >= 0.3 is 0 Å². The third-order valence-corrected chi connectivity index (χ3v) is 7.22. The quantitative estimate of drug-likeness (QED) is 0.527. The molecule has 0 saturated carbocycles. The molecule has 182 valence electrons. The lowest BCUT2D eigenvalue weighted by atomic mass is 9.94. The Morgan fingerprint density at radius 3 is 2.94 bits per heavy atom. The molecule has 9 heteroatoms. The fourth-order valence-electron chi connectivity index (χ4n) is 5.17. The van der Waals surface area contributed by atoms with Crippen LogP contribution in [-0.4, -0.2) is 74.4 Å². The molecular weight excluding hydrogens is 462 g/mol. The van der Waals surface area contributed by atoms with Crippen LogP contribution in [0.4, 0.5) is 5.95 Å². The van der Waals surface area contributed by atoms with Crippen LogP contribution >= 0.6 is 11.6 Å². The first-order valence-corrected chi connectivity index (χ1v) is 12.6. The number of amides is 1. The molecule has 0 unspecified atom stereocenters. The van der Waals surface area contributed by atoms with Crippen molar-refractivity contribution >= 4 is 34.5 Å². The van der Waals surface area contributed by atoms with Crippen LogP contribution in [0.1, 0.15) is 32.6 Å². The predicted molar refractivity (Wildman–Crippen MR) is 138 cm³/mol. The van der Waals surface area contributed by atoms with Gasteiger partial charge in [-0.3, -0.25) is 4.79 Å². The number of hydrogen-bond donors (Lipinski definition) is 2. The van der Waals surface area contributed by atoms with Crippen molar-refractivity contribution in [3.05, 3.63) is 35.7 Å². The van der Waals surface area contributed by atoms with Gasteiger partial charge in [-0.25, -0.2) is 15.0 Å². The van der Waals surface area contributed by atoms with Crippen LogP contribution in [0.25, 0.3) is 22.3 Å². The zero-order valence-electron chi connectivity index (χ0n) is 19.9. The number of nitrogens with one attached hydrogen (secondary N) is 2. The van der Waals surface area contributed by atoms with E-state index in [1.807, 2.05) is 23.2 Å². The number of anilines is 1. The minimum atomic E-state index is -0.0422. The fourth-order valence-corrected chi connectivity index (χ4v) is 5.36. The number of nitrogens with zero attached hydrogens (tertiary/aromatic N) is 5. The van der Waals surface area contributed by atoms with Crippen LogP contribution in [0.15, 0.2) is 30.7 Å². The number of carbonyl (C=O) groups excluding carboxylic acids is 1. The second-order valence-corrected chi connectivity index (χ2v) is 9.75. The minimum absolute atomic E-state index is 0.0422. The first-order valence-electron chi connectivity index (χ1n) is 12.3. The van der Waals surface area contributed by atoms with Crippen LogP contribution in [0.2, 0.25) is 5.02 Å². The molecule has 2 aliphatic rings. The third kappa shape index (κ3) is 5.42. The number of aromatic nitrogens is 4. The Morgan fingerprint density at radius 2 is 2.11 bits per heavy atom. The van der Waals surface area contributed by atoms with Crippen molar-refractivity contribution in [3.63, 3.8) is 0 Å². The Bertz CT molecular complexity index is 1260. The van der Waals surface area contributed by atoms with Crippen molar-refractivity contribution in [3.8, 4) is 23.1 Å². The van der Waals surface area contributed by atoms with Gasteiger partial charge in [0.15, 0.2) is 0 Å². The second kappa shape index (κ2) is 10.6. The van der Waals surface area contributed by atoms with E-state index in [2.05, 4.69) is 37.0 Å². The van der Waals surface area contributed by atoms with Gasteiger partial charge in [-0.15, -0.1) is 0 Å². The number of piperidine rings is 2. The summed E-state index contributed by atoms with van der Waals surface area (Å²) in [6.07, 6.45) is 9.61. The van der Waals surface area contributed by atoms with Crippen LogP contribution in [0, 0.1) is 17.8 Å². The summed E-state index contributed by atoms with van der Waals surface area (Å²) >= 11 is 6.48. The summed E-state index contributed by atoms with van der Waals surface area (Å²) in [5.41, 5.74) is 2.43. The van der Waals surface area contributed by atoms with E-state index in [-0.39, 0.29) is 11.9 Å². The molecule has 3 aromatic rings. The Balaban J connectivity index is 1.20. The van der Waals surface area contributed by atoms with Gasteiger partial charge in [0, 0.05) is 55.6 Å². The maximum absolute atomic E-state index is 12.0. The van der Waals surface area contributed by atoms with Crippen molar-refractivity contribution < 1.29 is 4.79 Å². The van der Waals surface area contributed by atoms with E-state index in [0.717, 1.165) is 75.0 Å². The topological polar surface area (TPSA) is 90.0 Å². The number of carbonyl (C=O) groups is 1. The zero-order chi connectivity index (χ0) is 24.2. The summed E-state index contributed by atoms with van der Waals surface area (Å²) in [6, 6.07) is 4.20. The van der Waals surface area contributed by atoms with Crippen molar-refractivity contribution in [1.29, 1.82) is 0 Å². The minimum Gasteiger partial charge on any atom is -0.350 e. The highest BCUT2D eigenvalue weighted by molar-refractivity contribution is 6.33. The molecule has 8 nitrogen and oxygen atoms in total.